The second-order valence-electron chi connectivity index (χ2n) is 5.00. The van der Waals surface area contributed by atoms with Crippen LogP contribution in [0.1, 0.15) is 18.1 Å². The Hall–Kier alpha value is -2.01. The van der Waals surface area contributed by atoms with Crippen LogP contribution in [0.5, 0.6) is 0 Å². The molecule has 0 aliphatic heterocycles. The average molecular weight is 304 g/mol. The summed E-state index contributed by atoms with van der Waals surface area (Å²) in [5.74, 6) is 0. The van der Waals surface area contributed by atoms with Gasteiger partial charge >= 0.3 is 0 Å². The molecule has 0 radical (unpaired) electrons. The molecule has 2 rings (SSSR count). The molecular weight excluding hydrogens is 284 g/mol. The smallest absolute Gasteiger partial charge is 0.264 e. The minimum Gasteiger partial charge on any atom is -0.397 e. The minimum absolute atomic E-state index is 0.323. The number of hydrogen-bond acceptors (Lipinski definition) is 3. The van der Waals surface area contributed by atoms with Gasteiger partial charge in [0, 0.05) is 6.54 Å². The molecule has 2 aromatic rings. The second kappa shape index (κ2) is 5.77. The molecule has 0 fully saturated rings. The second-order valence-corrected chi connectivity index (χ2v) is 6.83. The molecule has 0 bridgehead atoms. The normalized spacial score (nSPS) is 11.4. The van der Waals surface area contributed by atoms with Gasteiger partial charge in [-0.05, 0) is 50.1 Å². The van der Waals surface area contributed by atoms with Crippen molar-refractivity contribution in [1.29, 1.82) is 0 Å². The number of anilines is 2. The van der Waals surface area contributed by atoms with E-state index >= 15 is 0 Å². The van der Waals surface area contributed by atoms with Gasteiger partial charge in [-0.3, -0.25) is 4.31 Å². The van der Waals surface area contributed by atoms with Crippen LogP contribution >= 0.6 is 0 Å². The predicted molar refractivity (Wildman–Crippen MR) is 87.0 cm³/mol. The molecule has 21 heavy (non-hydrogen) atoms. The number of benzene rings is 2. The van der Waals surface area contributed by atoms with Gasteiger partial charge in [0.2, 0.25) is 0 Å². The van der Waals surface area contributed by atoms with Crippen LogP contribution in [0.3, 0.4) is 0 Å². The van der Waals surface area contributed by atoms with Crippen molar-refractivity contribution >= 4 is 21.4 Å². The van der Waals surface area contributed by atoms with Crippen LogP contribution < -0.4 is 10.0 Å². The first kappa shape index (κ1) is 15.4. The van der Waals surface area contributed by atoms with Gasteiger partial charge in [-0.15, -0.1) is 0 Å². The highest BCUT2D eigenvalue weighted by Gasteiger charge is 2.26. The summed E-state index contributed by atoms with van der Waals surface area (Å²) >= 11 is 0. The van der Waals surface area contributed by atoms with Crippen LogP contribution in [-0.2, 0) is 10.0 Å². The van der Waals surface area contributed by atoms with Gasteiger partial charge in [-0.25, -0.2) is 8.42 Å². The third kappa shape index (κ3) is 2.88. The van der Waals surface area contributed by atoms with E-state index in [-0.39, 0.29) is 0 Å². The van der Waals surface area contributed by atoms with Crippen molar-refractivity contribution in [2.75, 3.05) is 16.6 Å². The SMILES string of the molecule is CCN(c1ccccc1N)S(=O)(=O)c1cc(C)ccc1C. The van der Waals surface area contributed by atoms with Gasteiger partial charge in [-0.2, -0.15) is 0 Å². The van der Waals surface area contributed by atoms with Gasteiger partial charge in [0.1, 0.15) is 0 Å². The zero-order valence-corrected chi connectivity index (χ0v) is 13.3. The molecule has 0 heterocycles. The summed E-state index contributed by atoms with van der Waals surface area (Å²) in [6.45, 7) is 5.80. The van der Waals surface area contributed by atoms with Crippen molar-refractivity contribution in [2.24, 2.45) is 0 Å². The van der Waals surface area contributed by atoms with E-state index in [9.17, 15) is 8.42 Å². The number of hydrogen-bond donors (Lipinski definition) is 1. The lowest BCUT2D eigenvalue weighted by Crippen LogP contribution is -2.32. The van der Waals surface area contributed by atoms with Crippen molar-refractivity contribution < 1.29 is 8.42 Å². The van der Waals surface area contributed by atoms with E-state index < -0.39 is 10.0 Å². The molecule has 2 N–H and O–H groups in total. The fourth-order valence-corrected chi connectivity index (χ4v) is 4.10. The molecule has 4 nitrogen and oxygen atoms in total. The van der Waals surface area contributed by atoms with E-state index in [1.807, 2.05) is 19.1 Å². The third-order valence-electron chi connectivity index (χ3n) is 3.40. The molecule has 0 spiro atoms. The highest BCUT2D eigenvalue weighted by atomic mass is 32.2. The van der Waals surface area contributed by atoms with E-state index in [0.717, 1.165) is 11.1 Å². The molecule has 0 saturated heterocycles. The third-order valence-corrected chi connectivity index (χ3v) is 5.44. The molecule has 0 amide bonds. The average Bonchev–Trinajstić information content (AvgIpc) is 2.44. The maximum atomic E-state index is 13.0. The number of para-hydroxylation sites is 2. The lowest BCUT2D eigenvalue weighted by Gasteiger charge is -2.25. The molecule has 0 aromatic heterocycles. The van der Waals surface area contributed by atoms with Crippen molar-refractivity contribution in [1.82, 2.24) is 0 Å². The topological polar surface area (TPSA) is 63.4 Å². The van der Waals surface area contributed by atoms with Gasteiger partial charge in [0.15, 0.2) is 0 Å². The van der Waals surface area contributed by atoms with Gasteiger partial charge in [-0.1, -0.05) is 24.3 Å². The van der Waals surface area contributed by atoms with Crippen LogP contribution in [0.25, 0.3) is 0 Å². The zero-order chi connectivity index (χ0) is 15.6. The van der Waals surface area contributed by atoms with Crippen molar-refractivity contribution in [2.45, 2.75) is 25.7 Å². The maximum absolute atomic E-state index is 13.0. The Bertz CT molecular complexity index is 755. The Kier molecular flexibility index (Phi) is 4.23. The summed E-state index contributed by atoms with van der Waals surface area (Å²) < 4.78 is 27.3. The summed E-state index contributed by atoms with van der Waals surface area (Å²) in [5.41, 5.74) is 8.54. The number of nitrogens with two attached hydrogens (primary N) is 1. The quantitative estimate of drug-likeness (QED) is 0.883. The first-order valence-corrected chi connectivity index (χ1v) is 8.26. The summed E-state index contributed by atoms with van der Waals surface area (Å²) in [7, 11) is -3.63. The van der Waals surface area contributed by atoms with Gasteiger partial charge < -0.3 is 5.73 Å². The first-order chi connectivity index (χ1) is 9.87. The largest absolute Gasteiger partial charge is 0.397 e. The zero-order valence-electron chi connectivity index (χ0n) is 12.5. The Morgan fingerprint density at radius 1 is 1.10 bits per heavy atom. The Labute approximate surface area is 126 Å². The number of nitrogen functional groups attached to an aromatic ring is 1. The van der Waals surface area contributed by atoms with Gasteiger partial charge in [0.05, 0.1) is 16.3 Å². The Morgan fingerprint density at radius 3 is 2.38 bits per heavy atom. The van der Waals surface area contributed by atoms with E-state index in [1.165, 1.54) is 4.31 Å². The monoisotopic (exact) mass is 304 g/mol. The van der Waals surface area contributed by atoms with Crippen molar-refractivity contribution in [3.8, 4) is 0 Å². The van der Waals surface area contributed by atoms with Gasteiger partial charge in [0.25, 0.3) is 10.0 Å². The van der Waals surface area contributed by atoms with Crippen LogP contribution in [0.2, 0.25) is 0 Å². The molecule has 0 unspecified atom stereocenters. The van der Waals surface area contributed by atoms with Crippen LogP contribution in [-0.4, -0.2) is 15.0 Å². The minimum atomic E-state index is -3.63. The fourth-order valence-electron chi connectivity index (χ4n) is 2.29. The van der Waals surface area contributed by atoms with Crippen LogP contribution in [0.4, 0.5) is 11.4 Å². The molecule has 0 saturated carbocycles. The number of rotatable bonds is 4. The summed E-state index contributed by atoms with van der Waals surface area (Å²) in [6.07, 6.45) is 0. The molecule has 0 aliphatic carbocycles. The Morgan fingerprint density at radius 2 is 1.76 bits per heavy atom. The Balaban J connectivity index is 2.61. The lowest BCUT2D eigenvalue weighted by atomic mass is 10.2. The highest BCUT2D eigenvalue weighted by molar-refractivity contribution is 7.92. The summed E-state index contributed by atoms with van der Waals surface area (Å²) in [4.78, 5) is 0.326. The van der Waals surface area contributed by atoms with E-state index in [1.54, 1.807) is 44.2 Å². The lowest BCUT2D eigenvalue weighted by molar-refractivity contribution is 0.591. The maximum Gasteiger partial charge on any atom is 0.264 e. The molecule has 5 heteroatoms. The standard InChI is InChI=1S/C16H20N2O2S/c1-4-18(15-8-6-5-7-14(15)17)21(19,20)16-11-12(2)9-10-13(16)3/h5-11H,4,17H2,1-3H3. The highest BCUT2D eigenvalue weighted by Crippen LogP contribution is 2.30. The molecule has 0 aliphatic rings. The predicted octanol–water partition coefficient (Wildman–Crippen LogP) is 3.10. The van der Waals surface area contributed by atoms with Crippen LogP contribution in [0.15, 0.2) is 47.4 Å². The number of nitrogens with zero attached hydrogens (tertiary/aromatic N) is 1. The van der Waals surface area contributed by atoms with Crippen molar-refractivity contribution in [3.63, 3.8) is 0 Å². The van der Waals surface area contributed by atoms with Crippen LogP contribution in [0, 0.1) is 13.8 Å². The van der Waals surface area contributed by atoms with E-state index in [0.29, 0.717) is 22.8 Å². The summed E-state index contributed by atoms with van der Waals surface area (Å²) in [6, 6.07) is 12.4. The van der Waals surface area contributed by atoms with E-state index in [4.69, 9.17) is 5.73 Å². The fraction of sp³-hybridized carbons (Fsp3) is 0.250. The number of sulfonamides is 1. The van der Waals surface area contributed by atoms with E-state index in [2.05, 4.69) is 0 Å². The first-order valence-electron chi connectivity index (χ1n) is 6.82. The molecular formula is C16H20N2O2S. The molecule has 0 atom stereocenters. The summed E-state index contributed by atoms with van der Waals surface area (Å²) in [5, 5.41) is 0. The number of aryl methyl sites for hydroxylation is 2. The molecule has 112 valence electrons. The molecule has 2 aromatic carbocycles. The van der Waals surface area contributed by atoms with Crippen molar-refractivity contribution in [3.05, 3.63) is 53.6 Å².